The lowest BCUT2D eigenvalue weighted by atomic mass is 10.1. The Morgan fingerprint density at radius 2 is 2.27 bits per heavy atom. The van der Waals surface area contributed by atoms with Crippen molar-refractivity contribution in [3.63, 3.8) is 0 Å². The third-order valence-corrected chi connectivity index (χ3v) is 2.25. The number of hydrogen-bond donors (Lipinski definition) is 2. The number of nitrogens with two attached hydrogens (primary N) is 1. The third kappa shape index (κ3) is 2.74. The molecule has 0 spiro atoms. The van der Waals surface area contributed by atoms with Crippen molar-refractivity contribution >= 4 is 0 Å². The van der Waals surface area contributed by atoms with Gasteiger partial charge >= 0.3 is 0 Å². The van der Waals surface area contributed by atoms with Gasteiger partial charge in [-0.05, 0) is 20.3 Å². The van der Waals surface area contributed by atoms with E-state index in [2.05, 4.69) is 10.1 Å². The zero-order valence-corrected chi connectivity index (χ0v) is 9.23. The standard InChI is InChI=1S/C9H17N3O3/c1-9(2,14-3)8-11-7(15-12-8)6(10)4-5-13/h6,13H,4-5,10H2,1-3H3. The molecule has 6 nitrogen and oxygen atoms in total. The summed E-state index contributed by atoms with van der Waals surface area (Å²) in [6.45, 7) is 3.66. The smallest absolute Gasteiger partial charge is 0.243 e. The zero-order chi connectivity index (χ0) is 11.5. The Morgan fingerprint density at radius 3 is 2.80 bits per heavy atom. The van der Waals surface area contributed by atoms with E-state index in [-0.39, 0.29) is 6.61 Å². The van der Waals surface area contributed by atoms with Crippen LogP contribution in [0.15, 0.2) is 4.52 Å². The van der Waals surface area contributed by atoms with Crippen LogP contribution < -0.4 is 5.73 Å². The van der Waals surface area contributed by atoms with Gasteiger partial charge in [-0.1, -0.05) is 5.16 Å². The lowest BCUT2D eigenvalue weighted by Crippen LogP contribution is -2.21. The molecule has 1 aromatic rings. The normalized spacial score (nSPS) is 14.2. The molecule has 1 heterocycles. The molecule has 6 heteroatoms. The van der Waals surface area contributed by atoms with Gasteiger partial charge in [0.25, 0.3) is 0 Å². The van der Waals surface area contributed by atoms with Crippen LogP contribution in [0.5, 0.6) is 0 Å². The lowest BCUT2D eigenvalue weighted by molar-refractivity contribution is 0.00973. The van der Waals surface area contributed by atoms with Gasteiger partial charge in [0.1, 0.15) is 5.60 Å². The van der Waals surface area contributed by atoms with E-state index in [1.165, 1.54) is 0 Å². The van der Waals surface area contributed by atoms with Crippen LogP contribution >= 0.6 is 0 Å². The Bertz CT molecular complexity index is 311. The first-order valence-corrected chi connectivity index (χ1v) is 4.77. The summed E-state index contributed by atoms with van der Waals surface area (Å²) in [5, 5.41) is 12.5. The van der Waals surface area contributed by atoms with Gasteiger partial charge in [-0.3, -0.25) is 0 Å². The van der Waals surface area contributed by atoms with Crippen LogP contribution in [0.2, 0.25) is 0 Å². The molecule has 15 heavy (non-hydrogen) atoms. The molecule has 0 saturated carbocycles. The summed E-state index contributed by atoms with van der Waals surface area (Å²) in [5.74, 6) is 0.776. The number of nitrogens with zero attached hydrogens (tertiary/aromatic N) is 2. The van der Waals surface area contributed by atoms with E-state index in [1.54, 1.807) is 7.11 Å². The Morgan fingerprint density at radius 1 is 1.60 bits per heavy atom. The summed E-state index contributed by atoms with van der Waals surface area (Å²) in [7, 11) is 1.57. The molecule has 1 rings (SSSR count). The molecule has 0 fully saturated rings. The van der Waals surface area contributed by atoms with E-state index in [4.69, 9.17) is 20.1 Å². The van der Waals surface area contributed by atoms with Crippen molar-refractivity contribution in [3.05, 3.63) is 11.7 Å². The monoisotopic (exact) mass is 215 g/mol. The van der Waals surface area contributed by atoms with Crippen LogP contribution in [-0.2, 0) is 10.3 Å². The highest BCUT2D eigenvalue weighted by Crippen LogP contribution is 2.22. The molecule has 0 aliphatic carbocycles. The molecule has 3 N–H and O–H groups in total. The minimum absolute atomic E-state index is 0.00739. The maximum atomic E-state index is 8.72. The third-order valence-electron chi connectivity index (χ3n) is 2.25. The van der Waals surface area contributed by atoms with Gasteiger partial charge in [-0.2, -0.15) is 4.98 Å². The number of aromatic nitrogens is 2. The topological polar surface area (TPSA) is 94.4 Å². The minimum Gasteiger partial charge on any atom is -0.396 e. The number of hydrogen-bond acceptors (Lipinski definition) is 6. The van der Waals surface area contributed by atoms with Gasteiger partial charge in [-0.25, -0.2) is 0 Å². The fourth-order valence-electron chi connectivity index (χ4n) is 0.984. The van der Waals surface area contributed by atoms with E-state index in [0.717, 1.165) is 0 Å². The van der Waals surface area contributed by atoms with Crippen molar-refractivity contribution in [3.8, 4) is 0 Å². The van der Waals surface area contributed by atoms with Gasteiger partial charge in [0.15, 0.2) is 0 Å². The predicted molar refractivity (Wildman–Crippen MR) is 53.0 cm³/mol. The predicted octanol–water partition coefficient (Wildman–Crippen LogP) is 0.333. The van der Waals surface area contributed by atoms with Crippen molar-refractivity contribution in [1.29, 1.82) is 0 Å². The molecule has 0 aliphatic rings. The van der Waals surface area contributed by atoms with Crippen LogP contribution in [0.25, 0.3) is 0 Å². The maximum Gasteiger partial charge on any atom is 0.243 e. The molecule has 0 bridgehead atoms. The van der Waals surface area contributed by atoms with Crippen molar-refractivity contribution in [2.24, 2.45) is 5.73 Å². The Kier molecular flexibility index (Phi) is 3.78. The van der Waals surface area contributed by atoms with E-state index in [0.29, 0.717) is 18.1 Å². The number of aliphatic hydroxyl groups is 1. The van der Waals surface area contributed by atoms with Gasteiger partial charge < -0.3 is 20.1 Å². The fraction of sp³-hybridized carbons (Fsp3) is 0.778. The van der Waals surface area contributed by atoms with Crippen LogP contribution in [0.4, 0.5) is 0 Å². The first-order chi connectivity index (χ1) is 7.01. The summed E-state index contributed by atoms with van der Waals surface area (Å²) in [6, 6.07) is -0.427. The zero-order valence-electron chi connectivity index (χ0n) is 9.23. The minimum atomic E-state index is -0.597. The molecule has 0 radical (unpaired) electrons. The number of rotatable bonds is 5. The van der Waals surface area contributed by atoms with Gasteiger partial charge in [-0.15, -0.1) is 0 Å². The molecule has 0 saturated heterocycles. The SMILES string of the molecule is COC(C)(C)c1noc(C(N)CCO)n1. The number of methoxy groups -OCH3 is 1. The first kappa shape index (κ1) is 12.1. The van der Waals surface area contributed by atoms with Crippen molar-refractivity contribution in [2.45, 2.75) is 31.9 Å². The summed E-state index contributed by atoms with van der Waals surface area (Å²) in [5.41, 5.74) is 5.11. The molecule has 1 aromatic heterocycles. The Balaban J connectivity index is 2.80. The van der Waals surface area contributed by atoms with Crippen LogP contribution in [0.1, 0.15) is 38.0 Å². The molecular formula is C9H17N3O3. The second kappa shape index (κ2) is 4.69. The molecule has 0 aromatic carbocycles. The average Bonchev–Trinajstić information content (AvgIpc) is 2.67. The highest BCUT2D eigenvalue weighted by atomic mass is 16.5. The van der Waals surface area contributed by atoms with Crippen LogP contribution in [0, 0.1) is 0 Å². The summed E-state index contributed by atoms with van der Waals surface area (Å²) in [6.07, 6.45) is 0.398. The summed E-state index contributed by atoms with van der Waals surface area (Å²) in [4.78, 5) is 4.13. The van der Waals surface area contributed by atoms with Gasteiger partial charge in [0.2, 0.25) is 11.7 Å². The van der Waals surface area contributed by atoms with Gasteiger partial charge in [0, 0.05) is 13.7 Å². The molecule has 1 atom stereocenters. The number of aliphatic hydroxyl groups excluding tert-OH is 1. The highest BCUT2D eigenvalue weighted by Gasteiger charge is 2.27. The van der Waals surface area contributed by atoms with Crippen LogP contribution in [0.3, 0.4) is 0 Å². The fourth-order valence-corrected chi connectivity index (χ4v) is 0.984. The van der Waals surface area contributed by atoms with E-state index in [1.807, 2.05) is 13.8 Å². The maximum absolute atomic E-state index is 8.72. The number of ether oxygens (including phenoxy) is 1. The average molecular weight is 215 g/mol. The summed E-state index contributed by atoms with van der Waals surface area (Å²) < 4.78 is 10.2. The van der Waals surface area contributed by atoms with Gasteiger partial charge in [0.05, 0.1) is 6.04 Å². The van der Waals surface area contributed by atoms with E-state index in [9.17, 15) is 0 Å². The second-order valence-corrected chi connectivity index (χ2v) is 3.79. The molecular weight excluding hydrogens is 198 g/mol. The van der Waals surface area contributed by atoms with E-state index < -0.39 is 11.6 Å². The Labute approximate surface area is 88.4 Å². The summed E-state index contributed by atoms with van der Waals surface area (Å²) >= 11 is 0. The van der Waals surface area contributed by atoms with Crippen molar-refractivity contribution < 1.29 is 14.4 Å². The molecule has 0 amide bonds. The molecule has 0 aliphatic heterocycles. The lowest BCUT2D eigenvalue weighted by Gasteiger charge is -2.17. The van der Waals surface area contributed by atoms with Crippen molar-refractivity contribution in [2.75, 3.05) is 13.7 Å². The van der Waals surface area contributed by atoms with E-state index >= 15 is 0 Å². The quantitative estimate of drug-likeness (QED) is 0.735. The second-order valence-electron chi connectivity index (χ2n) is 3.79. The first-order valence-electron chi connectivity index (χ1n) is 4.77. The highest BCUT2D eigenvalue weighted by molar-refractivity contribution is 4.99. The molecule has 86 valence electrons. The van der Waals surface area contributed by atoms with Crippen molar-refractivity contribution in [1.82, 2.24) is 10.1 Å². The Hall–Kier alpha value is -0.980. The largest absolute Gasteiger partial charge is 0.396 e. The van der Waals surface area contributed by atoms with Crippen LogP contribution in [-0.4, -0.2) is 29.0 Å². The molecule has 1 unspecified atom stereocenters.